The number of amides is 2. The Morgan fingerprint density at radius 2 is 2.05 bits per heavy atom. The molecular formula is C16H16N4O. The minimum absolute atomic E-state index is 0.338. The van der Waals surface area contributed by atoms with Gasteiger partial charge in [-0.15, -0.1) is 0 Å². The highest BCUT2D eigenvalue weighted by molar-refractivity contribution is 5.92. The van der Waals surface area contributed by atoms with Crippen LogP contribution in [0.3, 0.4) is 0 Å². The lowest BCUT2D eigenvalue weighted by Gasteiger charge is -2.11. The number of carbonyl (C=O) groups excluding carboxylic acids is 1. The molecule has 0 aliphatic heterocycles. The molecule has 2 amide bonds. The van der Waals surface area contributed by atoms with Gasteiger partial charge in [0.15, 0.2) is 0 Å². The molecule has 2 aromatic carbocycles. The van der Waals surface area contributed by atoms with Gasteiger partial charge in [0.05, 0.1) is 23.0 Å². The van der Waals surface area contributed by atoms with Crippen molar-refractivity contribution in [3.8, 4) is 6.07 Å². The molecule has 0 aliphatic carbocycles. The second-order valence-electron chi connectivity index (χ2n) is 4.65. The molecule has 0 aromatic heterocycles. The first-order valence-corrected chi connectivity index (χ1v) is 6.49. The van der Waals surface area contributed by atoms with Crippen LogP contribution < -0.4 is 16.4 Å². The standard InChI is InChI=1S/C16H16N4O/c1-11-4-2-3-5-13(11)10-19-16(21)20-15-7-6-12(9-17)8-14(15)18/h2-8H,10,18H2,1H3,(H2,19,20,21). The van der Waals surface area contributed by atoms with Crippen LogP contribution in [0.5, 0.6) is 0 Å². The number of rotatable bonds is 3. The summed E-state index contributed by atoms with van der Waals surface area (Å²) < 4.78 is 0. The summed E-state index contributed by atoms with van der Waals surface area (Å²) in [6.45, 7) is 2.43. The highest BCUT2D eigenvalue weighted by Crippen LogP contribution is 2.19. The predicted octanol–water partition coefficient (Wildman–Crippen LogP) is 2.77. The maximum atomic E-state index is 11.9. The van der Waals surface area contributed by atoms with Crippen LogP contribution in [-0.4, -0.2) is 6.03 Å². The van der Waals surface area contributed by atoms with Crippen LogP contribution in [0, 0.1) is 18.3 Å². The van der Waals surface area contributed by atoms with Crippen LogP contribution in [0.25, 0.3) is 0 Å². The van der Waals surface area contributed by atoms with E-state index in [4.69, 9.17) is 11.0 Å². The van der Waals surface area contributed by atoms with Crippen LogP contribution in [0.2, 0.25) is 0 Å². The molecule has 0 bridgehead atoms. The molecule has 0 aliphatic rings. The summed E-state index contributed by atoms with van der Waals surface area (Å²) in [5.74, 6) is 0. The molecule has 5 heteroatoms. The molecule has 4 N–H and O–H groups in total. The Hall–Kier alpha value is -3.00. The average molecular weight is 280 g/mol. The van der Waals surface area contributed by atoms with Crippen LogP contribution in [0.1, 0.15) is 16.7 Å². The molecule has 0 atom stereocenters. The third-order valence-electron chi connectivity index (χ3n) is 3.13. The van der Waals surface area contributed by atoms with Gasteiger partial charge in [0.1, 0.15) is 0 Å². The fraction of sp³-hybridized carbons (Fsp3) is 0.125. The first-order chi connectivity index (χ1) is 10.1. The Kier molecular flexibility index (Phi) is 4.42. The fourth-order valence-electron chi connectivity index (χ4n) is 1.90. The minimum atomic E-state index is -0.338. The van der Waals surface area contributed by atoms with Gasteiger partial charge in [-0.3, -0.25) is 0 Å². The number of hydrogen-bond donors (Lipinski definition) is 3. The third-order valence-corrected chi connectivity index (χ3v) is 3.13. The van der Waals surface area contributed by atoms with Crippen molar-refractivity contribution < 1.29 is 4.79 Å². The summed E-state index contributed by atoms with van der Waals surface area (Å²) >= 11 is 0. The van der Waals surface area contributed by atoms with E-state index in [1.807, 2.05) is 37.3 Å². The molecule has 21 heavy (non-hydrogen) atoms. The summed E-state index contributed by atoms with van der Waals surface area (Å²) in [5.41, 5.74) is 9.26. The monoisotopic (exact) mass is 280 g/mol. The maximum Gasteiger partial charge on any atom is 0.319 e. The Bertz CT molecular complexity index is 704. The number of nitrogen functional groups attached to an aromatic ring is 1. The summed E-state index contributed by atoms with van der Waals surface area (Å²) in [4.78, 5) is 11.9. The zero-order valence-corrected chi connectivity index (χ0v) is 11.7. The second-order valence-corrected chi connectivity index (χ2v) is 4.65. The lowest BCUT2D eigenvalue weighted by atomic mass is 10.1. The Morgan fingerprint density at radius 3 is 2.71 bits per heavy atom. The van der Waals surface area contributed by atoms with Gasteiger partial charge in [0.2, 0.25) is 0 Å². The molecule has 0 heterocycles. The van der Waals surface area contributed by atoms with Gasteiger partial charge in [0, 0.05) is 6.54 Å². The van der Waals surface area contributed by atoms with E-state index in [1.54, 1.807) is 12.1 Å². The first kappa shape index (κ1) is 14.4. The number of nitrogens with two attached hydrogens (primary N) is 1. The zero-order chi connectivity index (χ0) is 15.2. The van der Waals surface area contributed by atoms with Crippen molar-refractivity contribution in [2.24, 2.45) is 0 Å². The second kappa shape index (κ2) is 6.44. The topological polar surface area (TPSA) is 90.9 Å². The van der Waals surface area contributed by atoms with Crippen molar-refractivity contribution in [2.45, 2.75) is 13.5 Å². The molecule has 0 saturated carbocycles. The molecule has 0 radical (unpaired) electrons. The third kappa shape index (κ3) is 3.74. The normalized spacial score (nSPS) is 9.71. The molecule has 106 valence electrons. The van der Waals surface area contributed by atoms with E-state index in [1.165, 1.54) is 6.07 Å². The van der Waals surface area contributed by atoms with Crippen molar-refractivity contribution in [3.05, 3.63) is 59.2 Å². The molecule has 0 fully saturated rings. The lowest BCUT2D eigenvalue weighted by molar-refractivity contribution is 0.251. The number of urea groups is 1. The Morgan fingerprint density at radius 1 is 1.29 bits per heavy atom. The number of anilines is 2. The van der Waals surface area contributed by atoms with Gasteiger partial charge in [-0.1, -0.05) is 24.3 Å². The van der Waals surface area contributed by atoms with E-state index < -0.39 is 0 Å². The molecule has 0 unspecified atom stereocenters. The fourth-order valence-corrected chi connectivity index (χ4v) is 1.90. The number of nitriles is 1. The van der Waals surface area contributed by atoms with Crippen molar-refractivity contribution in [1.82, 2.24) is 5.32 Å². The van der Waals surface area contributed by atoms with Gasteiger partial charge in [0.25, 0.3) is 0 Å². The van der Waals surface area contributed by atoms with E-state index >= 15 is 0 Å². The molecule has 5 nitrogen and oxygen atoms in total. The smallest absolute Gasteiger partial charge is 0.319 e. The number of carbonyl (C=O) groups is 1. The molecular weight excluding hydrogens is 264 g/mol. The quantitative estimate of drug-likeness (QED) is 0.755. The molecule has 0 spiro atoms. The van der Waals surface area contributed by atoms with Gasteiger partial charge in [-0.05, 0) is 36.2 Å². The van der Waals surface area contributed by atoms with E-state index in [9.17, 15) is 4.79 Å². The highest BCUT2D eigenvalue weighted by Gasteiger charge is 2.06. The van der Waals surface area contributed by atoms with Crippen LogP contribution >= 0.6 is 0 Å². The van der Waals surface area contributed by atoms with Crippen LogP contribution in [-0.2, 0) is 6.54 Å². The van der Waals surface area contributed by atoms with E-state index in [-0.39, 0.29) is 6.03 Å². The number of hydrogen-bond acceptors (Lipinski definition) is 3. The van der Waals surface area contributed by atoms with E-state index in [0.717, 1.165) is 11.1 Å². The molecule has 2 rings (SSSR count). The first-order valence-electron chi connectivity index (χ1n) is 6.49. The number of benzene rings is 2. The number of nitrogens with zero attached hydrogens (tertiary/aromatic N) is 1. The summed E-state index contributed by atoms with van der Waals surface area (Å²) in [6, 6.07) is 14.2. The van der Waals surface area contributed by atoms with Gasteiger partial charge in [-0.2, -0.15) is 5.26 Å². The average Bonchev–Trinajstić information content (AvgIpc) is 2.48. The largest absolute Gasteiger partial charge is 0.397 e. The van der Waals surface area contributed by atoms with Crippen molar-refractivity contribution in [2.75, 3.05) is 11.1 Å². The lowest BCUT2D eigenvalue weighted by Crippen LogP contribution is -2.28. The SMILES string of the molecule is Cc1ccccc1CNC(=O)Nc1ccc(C#N)cc1N. The van der Waals surface area contributed by atoms with Gasteiger partial charge < -0.3 is 16.4 Å². The van der Waals surface area contributed by atoms with Gasteiger partial charge in [-0.25, -0.2) is 4.79 Å². The number of aryl methyl sites for hydroxylation is 1. The number of nitrogens with one attached hydrogen (secondary N) is 2. The van der Waals surface area contributed by atoms with Crippen molar-refractivity contribution in [1.29, 1.82) is 5.26 Å². The van der Waals surface area contributed by atoms with E-state index in [2.05, 4.69) is 10.6 Å². The van der Waals surface area contributed by atoms with Crippen LogP contribution in [0.4, 0.5) is 16.2 Å². The highest BCUT2D eigenvalue weighted by atomic mass is 16.2. The van der Waals surface area contributed by atoms with Crippen LogP contribution in [0.15, 0.2) is 42.5 Å². The zero-order valence-electron chi connectivity index (χ0n) is 11.7. The maximum absolute atomic E-state index is 11.9. The Labute approximate surface area is 123 Å². The molecule has 0 saturated heterocycles. The molecule has 2 aromatic rings. The summed E-state index contributed by atoms with van der Waals surface area (Å²) in [7, 11) is 0. The van der Waals surface area contributed by atoms with E-state index in [0.29, 0.717) is 23.5 Å². The van der Waals surface area contributed by atoms with Crippen molar-refractivity contribution in [3.63, 3.8) is 0 Å². The predicted molar refractivity (Wildman–Crippen MR) is 82.6 cm³/mol. The summed E-state index contributed by atoms with van der Waals surface area (Å²) in [5, 5.41) is 14.2. The summed E-state index contributed by atoms with van der Waals surface area (Å²) in [6.07, 6.45) is 0. The van der Waals surface area contributed by atoms with Gasteiger partial charge >= 0.3 is 6.03 Å². The minimum Gasteiger partial charge on any atom is -0.397 e. The Balaban J connectivity index is 1.96. The van der Waals surface area contributed by atoms with Crippen molar-refractivity contribution >= 4 is 17.4 Å².